The Kier molecular flexibility index (Phi) is 7.02. The maximum Gasteiger partial charge on any atom is 0.241 e. The number of nitrogens with one attached hydrogen (secondary N) is 1. The van der Waals surface area contributed by atoms with E-state index in [1.165, 1.54) is 0 Å². The van der Waals surface area contributed by atoms with Gasteiger partial charge < -0.3 is 15.8 Å². The number of nitrogen functional groups attached to an aromatic ring is 1. The normalized spacial score (nSPS) is 12.2. The van der Waals surface area contributed by atoms with Gasteiger partial charge in [0.15, 0.2) is 0 Å². The van der Waals surface area contributed by atoms with Gasteiger partial charge >= 0.3 is 0 Å². The van der Waals surface area contributed by atoms with Crippen LogP contribution in [-0.2, 0) is 4.79 Å². The standard InChI is InChI=1S/C16H27N3O2/c1-5-9-19(10-6-2)12(3)16(20)18-14-8-7-13(17)11-15(14)21-4/h7-8,11-12H,5-6,9-10,17H2,1-4H3,(H,18,20). The number of carbonyl (C=O) groups is 1. The highest BCUT2D eigenvalue weighted by Crippen LogP contribution is 2.26. The molecule has 0 saturated carbocycles. The topological polar surface area (TPSA) is 67.6 Å². The first-order valence-electron chi connectivity index (χ1n) is 7.51. The predicted octanol–water partition coefficient (Wildman–Crippen LogP) is 2.73. The van der Waals surface area contributed by atoms with Crippen molar-refractivity contribution in [2.24, 2.45) is 0 Å². The van der Waals surface area contributed by atoms with Gasteiger partial charge in [-0.3, -0.25) is 9.69 Å². The summed E-state index contributed by atoms with van der Waals surface area (Å²) in [5, 5.41) is 2.92. The van der Waals surface area contributed by atoms with Crippen LogP contribution in [0, 0.1) is 0 Å². The lowest BCUT2D eigenvalue weighted by molar-refractivity contribution is -0.120. The number of benzene rings is 1. The van der Waals surface area contributed by atoms with Crippen LogP contribution in [0.4, 0.5) is 11.4 Å². The third kappa shape index (κ3) is 4.93. The highest BCUT2D eigenvalue weighted by Gasteiger charge is 2.21. The maximum absolute atomic E-state index is 12.4. The van der Waals surface area contributed by atoms with Crippen LogP contribution >= 0.6 is 0 Å². The van der Waals surface area contributed by atoms with Crippen molar-refractivity contribution in [3.05, 3.63) is 18.2 Å². The molecule has 118 valence electrons. The van der Waals surface area contributed by atoms with Crippen molar-refractivity contribution < 1.29 is 9.53 Å². The van der Waals surface area contributed by atoms with Crippen LogP contribution in [0.2, 0.25) is 0 Å². The van der Waals surface area contributed by atoms with Crippen molar-refractivity contribution in [3.8, 4) is 5.75 Å². The Labute approximate surface area is 127 Å². The molecule has 0 aliphatic heterocycles. The Morgan fingerprint density at radius 3 is 2.48 bits per heavy atom. The molecule has 0 spiro atoms. The Bertz CT molecular complexity index is 457. The van der Waals surface area contributed by atoms with E-state index in [0.717, 1.165) is 25.9 Å². The number of hydrogen-bond acceptors (Lipinski definition) is 4. The van der Waals surface area contributed by atoms with E-state index < -0.39 is 0 Å². The lowest BCUT2D eigenvalue weighted by atomic mass is 10.2. The number of carbonyl (C=O) groups excluding carboxylic acids is 1. The summed E-state index contributed by atoms with van der Waals surface area (Å²) >= 11 is 0. The Morgan fingerprint density at radius 1 is 1.33 bits per heavy atom. The molecule has 5 heteroatoms. The summed E-state index contributed by atoms with van der Waals surface area (Å²) in [5.74, 6) is 0.549. The third-order valence-electron chi connectivity index (χ3n) is 3.43. The fourth-order valence-corrected chi connectivity index (χ4v) is 2.29. The average molecular weight is 293 g/mol. The zero-order valence-corrected chi connectivity index (χ0v) is 13.5. The fraction of sp³-hybridized carbons (Fsp3) is 0.562. The van der Waals surface area contributed by atoms with E-state index in [1.807, 2.05) is 6.92 Å². The Balaban J connectivity index is 2.79. The van der Waals surface area contributed by atoms with Gasteiger partial charge in [-0.1, -0.05) is 13.8 Å². The first-order chi connectivity index (χ1) is 10.0. The second-order valence-electron chi connectivity index (χ2n) is 5.16. The minimum absolute atomic E-state index is 0.0278. The molecule has 1 aromatic rings. The summed E-state index contributed by atoms with van der Waals surface area (Å²) in [7, 11) is 1.56. The molecule has 5 nitrogen and oxygen atoms in total. The third-order valence-corrected chi connectivity index (χ3v) is 3.43. The minimum atomic E-state index is -0.174. The molecule has 0 bridgehead atoms. The number of ether oxygens (including phenoxy) is 1. The van der Waals surface area contributed by atoms with Crippen LogP contribution in [-0.4, -0.2) is 37.0 Å². The number of hydrogen-bond donors (Lipinski definition) is 2. The summed E-state index contributed by atoms with van der Waals surface area (Å²) in [4.78, 5) is 14.6. The second-order valence-corrected chi connectivity index (χ2v) is 5.16. The quantitative estimate of drug-likeness (QED) is 0.723. The van der Waals surface area contributed by atoms with Gasteiger partial charge in [-0.15, -0.1) is 0 Å². The molecule has 0 radical (unpaired) electrons. The highest BCUT2D eigenvalue weighted by atomic mass is 16.5. The number of rotatable bonds is 8. The molecule has 0 aliphatic rings. The lowest BCUT2D eigenvalue weighted by Gasteiger charge is -2.27. The number of amides is 1. The lowest BCUT2D eigenvalue weighted by Crippen LogP contribution is -2.42. The van der Waals surface area contributed by atoms with Crippen molar-refractivity contribution in [1.29, 1.82) is 0 Å². The second kappa shape index (κ2) is 8.52. The Morgan fingerprint density at radius 2 is 1.95 bits per heavy atom. The number of nitrogens with zero attached hydrogens (tertiary/aromatic N) is 1. The summed E-state index contributed by atoms with van der Waals surface area (Å²) < 4.78 is 5.25. The first-order valence-corrected chi connectivity index (χ1v) is 7.51. The van der Waals surface area contributed by atoms with E-state index in [1.54, 1.807) is 25.3 Å². The molecule has 1 rings (SSSR count). The maximum atomic E-state index is 12.4. The summed E-state index contributed by atoms with van der Waals surface area (Å²) in [5.41, 5.74) is 6.98. The summed E-state index contributed by atoms with van der Waals surface area (Å²) in [6.45, 7) is 8.01. The number of anilines is 2. The van der Waals surface area contributed by atoms with Gasteiger partial charge in [0.1, 0.15) is 5.75 Å². The van der Waals surface area contributed by atoms with Gasteiger partial charge in [0.25, 0.3) is 0 Å². The van der Waals surface area contributed by atoms with E-state index in [9.17, 15) is 4.79 Å². The molecule has 0 aliphatic carbocycles. The van der Waals surface area contributed by atoms with Crippen LogP contribution in [0.3, 0.4) is 0 Å². The molecule has 3 N–H and O–H groups in total. The van der Waals surface area contributed by atoms with Gasteiger partial charge in [-0.05, 0) is 45.0 Å². The van der Waals surface area contributed by atoms with Crippen LogP contribution in [0.5, 0.6) is 5.75 Å². The zero-order valence-electron chi connectivity index (χ0n) is 13.5. The van der Waals surface area contributed by atoms with Crippen LogP contribution in [0.25, 0.3) is 0 Å². The van der Waals surface area contributed by atoms with E-state index in [2.05, 4.69) is 24.1 Å². The van der Waals surface area contributed by atoms with Gasteiger partial charge in [0.2, 0.25) is 5.91 Å². The number of methoxy groups -OCH3 is 1. The summed E-state index contributed by atoms with van der Waals surface area (Å²) in [6, 6.07) is 5.05. The molecule has 1 atom stereocenters. The van der Waals surface area contributed by atoms with Crippen molar-refractivity contribution in [2.45, 2.75) is 39.7 Å². The largest absolute Gasteiger partial charge is 0.494 e. The van der Waals surface area contributed by atoms with Gasteiger partial charge in [-0.25, -0.2) is 0 Å². The molecular weight excluding hydrogens is 266 g/mol. The van der Waals surface area contributed by atoms with Crippen LogP contribution in [0.15, 0.2) is 18.2 Å². The van der Waals surface area contributed by atoms with Crippen molar-refractivity contribution in [1.82, 2.24) is 4.90 Å². The molecule has 0 aromatic heterocycles. The van der Waals surface area contributed by atoms with Crippen LogP contribution in [0.1, 0.15) is 33.6 Å². The highest BCUT2D eigenvalue weighted by molar-refractivity contribution is 5.96. The van der Waals surface area contributed by atoms with Crippen LogP contribution < -0.4 is 15.8 Å². The van der Waals surface area contributed by atoms with E-state index >= 15 is 0 Å². The van der Waals surface area contributed by atoms with E-state index in [4.69, 9.17) is 10.5 Å². The number of nitrogens with two attached hydrogens (primary N) is 1. The van der Waals surface area contributed by atoms with Gasteiger partial charge in [-0.2, -0.15) is 0 Å². The van der Waals surface area contributed by atoms with Gasteiger partial charge in [0, 0.05) is 11.8 Å². The monoisotopic (exact) mass is 293 g/mol. The summed E-state index contributed by atoms with van der Waals surface area (Å²) in [6.07, 6.45) is 2.06. The molecule has 0 fully saturated rings. The zero-order chi connectivity index (χ0) is 15.8. The SMILES string of the molecule is CCCN(CCC)C(C)C(=O)Nc1ccc(N)cc1OC. The Hall–Kier alpha value is -1.75. The molecule has 1 aromatic carbocycles. The molecule has 21 heavy (non-hydrogen) atoms. The van der Waals surface area contributed by atoms with Gasteiger partial charge in [0.05, 0.1) is 18.8 Å². The predicted molar refractivity (Wildman–Crippen MR) is 87.7 cm³/mol. The molecule has 1 amide bonds. The first kappa shape index (κ1) is 17.3. The van der Waals surface area contributed by atoms with E-state index in [-0.39, 0.29) is 11.9 Å². The molecular formula is C16H27N3O2. The molecule has 0 heterocycles. The minimum Gasteiger partial charge on any atom is -0.494 e. The molecule has 1 unspecified atom stereocenters. The average Bonchev–Trinajstić information content (AvgIpc) is 2.47. The molecule has 0 saturated heterocycles. The van der Waals surface area contributed by atoms with Crippen molar-refractivity contribution >= 4 is 17.3 Å². The smallest absolute Gasteiger partial charge is 0.241 e. The van der Waals surface area contributed by atoms with Crippen molar-refractivity contribution in [3.63, 3.8) is 0 Å². The van der Waals surface area contributed by atoms with Crippen molar-refractivity contribution in [2.75, 3.05) is 31.2 Å². The van der Waals surface area contributed by atoms with E-state index in [0.29, 0.717) is 17.1 Å². The fourth-order valence-electron chi connectivity index (χ4n) is 2.29.